The minimum Gasteiger partial charge on any atom is -0.329 e. The molecule has 1 saturated carbocycles. The normalized spacial score (nSPS) is 45.8. The molecule has 2 heterocycles. The van der Waals surface area contributed by atoms with Gasteiger partial charge >= 0.3 is 0 Å². The maximum Gasteiger partial charge on any atom is 0.0474 e. The van der Waals surface area contributed by atoms with Crippen LogP contribution in [-0.4, -0.2) is 64.1 Å². The fraction of sp³-hybridized carbons (Fsp3) is 1.00. The van der Waals surface area contributed by atoms with Crippen LogP contribution in [-0.2, 0) is 0 Å². The van der Waals surface area contributed by atoms with Gasteiger partial charge in [0.05, 0.1) is 0 Å². The molecule has 2 saturated heterocycles. The lowest BCUT2D eigenvalue weighted by molar-refractivity contribution is 0.0956. The van der Waals surface area contributed by atoms with Crippen molar-refractivity contribution in [2.24, 2.45) is 5.73 Å². The van der Waals surface area contributed by atoms with E-state index in [1.165, 1.54) is 38.9 Å². The van der Waals surface area contributed by atoms with Gasteiger partial charge in [0, 0.05) is 54.3 Å². The number of hydrogen-bond acceptors (Lipinski definition) is 4. The SMILES string of the molecule is CC1CN(C2(CN)CC(C)N(C3CC3)C2)CC(C)S1. The lowest BCUT2D eigenvalue weighted by atomic mass is 9.93. The highest BCUT2D eigenvalue weighted by Gasteiger charge is 2.50. The van der Waals surface area contributed by atoms with E-state index < -0.39 is 0 Å². The highest BCUT2D eigenvalue weighted by Crippen LogP contribution is 2.41. The highest BCUT2D eigenvalue weighted by atomic mass is 32.2. The summed E-state index contributed by atoms with van der Waals surface area (Å²) in [5.74, 6) is 0. The largest absolute Gasteiger partial charge is 0.329 e. The molecule has 4 unspecified atom stereocenters. The topological polar surface area (TPSA) is 32.5 Å². The minimum absolute atomic E-state index is 0.255. The molecule has 3 rings (SSSR count). The number of nitrogens with two attached hydrogens (primary N) is 1. The predicted octanol–water partition coefficient (Wildman–Crippen LogP) is 1.77. The lowest BCUT2D eigenvalue weighted by Gasteiger charge is -2.46. The molecule has 0 aromatic heterocycles. The molecule has 0 aromatic carbocycles. The number of rotatable bonds is 3. The maximum atomic E-state index is 6.26. The second-order valence-corrected chi connectivity index (χ2v) is 8.93. The first-order valence-corrected chi connectivity index (χ1v) is 8.85. The van der Waals surface area contributed by atoms with Crippen LogP contribution in [0.1, 0.15) is 40.0 Å². The molecule has 110 valence electrons. The number of nitrogens with zero attached hydrogens (tertiary/aromatic N) is 2. The Hall–Kier alpha value is 0.230. The molecule has 3 aliphatic rings. The third kappa shape index (κ3) is 2.69. The monoisotopic (exact) mass is 283 g/mol. The molecular formula is C15H29N3S. The van der Waals surface area contributed by atoms with Gasteiger partial charge in [-0.25, -0.2) is 0 Å². The van der Waals surface area contributed by atoms with Crippen molar-refractivity contribution in [3.05, 3.63) is 0 Å². The summed E-state index contributed by atoms with van der Waals surface area (Å²) in [5.41, 5.74) is 6.52. The van der Waals surface area contributed by atoms with Crippen LogP contribution in [0.2, 0.25) is 0 Å². The van der Waals surface area contributed by atoms with Crippen molar-refractivity contribution in [2.45, 2.75) is 68.2 Å². The molecule has 0 spiro atoms. The zero-order valence-corrected chi connectivity index (χ0v) is 13.5. The average molecular weight is 283 g/mol. The van der Waals surface area contributed by atoms with Crippen LogP contribution in [0.5, 0.6) is 0 Å². The molecule has 0 aromatic rings. The zero-order valence-electron chi connectivity index (χ0n) is 12.6. The Bertz CT molecular complexity index is 323. The van der Waals surface area contributed by atoms with Gasteiger partial charge in [0.15, 0.2) is 0 Å². The fourth-order valence-electron chi connectivity index (χ4n) is 4.19. The molecule has 0 amide bonds. The fourth-order valence-corrected chi connectivity index (χ4v) is 5.52. The van der Waals surface area contributed by atoms with E-state index in [9.17, 15) is 0 Å². The number of likely N-dealkylation sites (tertiary alicyclic amines) is 1. The number of hydrogen-bond donors (Lipinski definition) is 1. The summed E-state index contributed by atoms with van der Waals surface area (Å²) in [6.45, 7) is 11.6. The van der Waals surface area contributed by atoms with Crippen molar-refractivity contribution in [3.63, 3.8) is 0 Å². The molecule has 4 atom stereocenters. The summed E-state index contributed by atoms with van der Waals surface area (Å²) in [7, 11) is 0. The molecule has 3 fully saturated rings. The molecular weight excluding hydrogens is 254 g/mol. The van der Waals surface area contributed by atoms with Gasteiger partial charge in [-0.3, -0.25) is 9.80 Å². The van der Waals surface area contributed by atoms with Gasteiger partial charge in [-0.05, 0) is 26.2 Å². The maximum absolute atomic E-state index is 6.26. The smallest absolute Gasteiger partial charge is 0.0474 e. The molecule has 3 nitrogen and oxygen atoms in total. The van der Waals surface area contributed by atoms with E-state index in [0.29, 0.717) is 0 Å². The molecule has 4 heteroatoms. The van der Waals surface area contributed by atoms with Crippen LogP contribution in [0.15, 0.2) is 0 Å². The Morgan fingerprint density at radius 3 is 2.32 bits per heavy atom. The molecule has 1 aliphatic carbocycles. The summed E-state index contributed by atoms with van der Waals surface area (Å²) >= 11 is 2.14. The number of thioether (sulfide) groups is 1. The second kappa shape index (κ2) is 5.21. The molecule has 19 heavy (non-hydrogen) atoms. The molecule has 0 radical (unpaired) electrons. The van der Waals surface area contributed by atoms with E-state index >= 15 is 0 Å². The van der Waals surface area contributed by atoms with E-state index in [2.05, 4.69) is 42.3 Å². The summed E-state index contributed by atoms with van der Waals surface area (Å²) in [5, 5.41) is 1.50. The van der Waals surface area contributed by atoms with Gasteiger partial charge in [-0.15, -0.1) is 0 Å². The summed E-state index contributed by atoms with van der Waals surface area (Å²) in [4.78, 5) is 5.47. The summed E-state index contributed by atoms with van der Waals surface area (Å²) in [6, 6.07) is 1.59. The van der Waals surface area contributed by atoms with Crippen LogP contribution in [0.25, 0.3) is 0 Å². The first-order chi connectivity index (χ1) is 9.04. The second-order valence-electron chi connectivity index (χ2n) is 7.05. The molecule has 2 N–H and O–H groups in total. The van der Waals surface area contributed by atoms with E-state index in [4.69, 9.17) is 5.73 Å². The molecule has 2 aliphatic heterocycles. The van der Waals surface area contributed by atoms with Crippen molar-refractivity contribution in [1.82, 2.24) is 9.80 Å². The summed E-state index contributed by atoms with van der Waals surface area (Å²) < 4.78 is 0. The van der Waals surface area contributed by atoms with Crippen molar-refractivity contribution < 1.29 is 0 Å². The minimum atomic E-state index is 0.255. The van der Waals surface area contributed by atoms with Crippen molar-refractivity contribution >= 4 is 11.8 Å². The van der Waals surface area contributed by atoms with Gasteiger partial charge in [0.25, 0.3) is 0 Å². The van der Waals surface area contributed by atoms with Gasteiger partial charge in [0.1, 0.15) is 0 Å². The Balaban J connectivity index is 1.75. The van der Waals surface area contributed by atoms with Crippen LogP contribution in [0.4, 0.5) is 0 Å². The van der Waals surface area contributed by atoms with E-state index in [0.717, 1.165) is 29.1 Å². The first-order valence-electron chi connectivity index (χ1n) is 7.90. The summed E-state index contributed by atoms with van der Waals surface area (Å²) in [6.07, 6.45) is 4.09. The standard InChI is InChI=1S/C15H29N3S/c1-11-6-15(9-16,10-18(11)14-4-5-14)17-7-12(2)19-13(3)8-17/h11-14H,4-10,16H2,1-3H3. The highest BCUT2D eigenvalue weighted by molar-refractivity contribution is 8.00. The predicted molar refractivity (Wildman–Crippen MR) is 83.7 cm³/mol. The zero-order chi connectivity index (χ0) is 13.6. The third-order valence-corrected chi connectivity index (χ3v) is 6.43. The van der Waals surface area contributed by atoms with E-state index in [1.54, 1.807) is 0 Å². The average Bonchev–Trinajstić information content (AvgIpc) is 3.12. The van der Waals surface area contributed by atoms with Crippen molar-refractivity contribution in [2.75, 3.05) is 26.2 Å². The van der Waals surface area contributed by atoms with Crippen molar-refractivity contribution in [3.8, 4) is 0 Å². The van der Waals surface area contributed by atoms with Crippen LogP contribution < -0.4 is 5.73 Å². The van der Waals surface area contributed by atoms with Gasteiger partial charge in [-0.2, -0.15) is 11.8 Å². The van der Waals surface area contributed by atoms with Crippen LogP contribution in [0.3, 0.4) is 0 Å². The third-order valence-electron chi connectivity index (χ3n) is 5.20. The molecule has 0 bridgehead atoms. The Labute approximate surface area is 122 Å². The van der Waals surface area contributed by atoms with Crippen LogP contribution >= 0.6 is 11.8 Å². The lowest BCUT2D eigenvalue weighted by Crippen LogP contribution is -2.60. The Morgan fingerprint density at radius 1 is 1.16 bits per heavy atom. The van der Waals surface area contributed by atoms with Gasteiger partial charge in [0.2, 0.25) is 0 Å². The van der Waals surface area contributed by atoms with Crippen LogP contribution in [0, 0.1) is 0 Å². The first kappa shape index (κ1) is 14.2. The van der Waals surface area contributed by atoms with Gasteiger partial charge in [-0.1, -0.05) is 13.8 Å². The quantitative estimate of drug-likeness (QED) is 0.855. The van der Waals surface area contributed by atoms with Gasteiger partial charge < -0.3 is 5.73 Å². The van der Waals surface area contributed by atoms with E-state index in [-0.39, 0.29) is 5.54 Å². The Morgan fingerprint density at radius 2 is 1.79 bits per heavy atom. The van der Waals surface area contributed by atoms with Crippen molar-refractivity contribution in [1.29, 1.82) is 0 Å². The van der Waals surface area contributed by atoms with E-state index in [1.807, 2.05) is 0 Å². The Kier molecular flexibility index (Phi) is 3.89.